The van der Waals surface area contributed by atoms with Crippen molar-refractivity contribution >= 4 is 15.9 Å². The molecule has 0 aromatic rings. The molecule has 1 saturated heterocycles. The Morgan fingerprint density at radius 1 is 1.07 bits per heavy atom. The van der Waals surface area contributed by atoms with E-state index in [1.807, 2.05) is 5.32 Å². The lowest BCUT2D eigenvalue weighted by atomic mass is 10.2. The summed E-state index contributed by atoms with van der Waals surface area (Å²) >= 11 is 0. The Hall–Kier alpha value is -1.33. The van der Waals surface area contributed by atoms with E-state index in [4.69, 9.17) is 4.43 Å². The summed E-state index contributed by atoms with van der Waals surface area (Å²) in [7, 11) is -0.867. The molecule has 0 saturated carbocycles. The Morgan fingerprint density at radius 3 is 2.07 bits per heavy atom. The second-order valence-corrected chi connectivity index (χ2v) is 7.15. The van der Waals surface area contributed by atoms with Gasteiger partial charge in [-0.25, -0.2) is 9.53 Å². The molecule has 0 aromatic carbocycles. The van der Waals surface area contributed by atoms with Crippen LogP contribution in [0.2, 0.25) is 6.04 Å². The molecule has 6 nitrogen and oxygen atoms in total. The number of amides is 1. The van der Waals surface area contributed by atoms with Crippen LogP contribution in [0.5, 0.6) is 0 Å². The molecule has 1 aliphatic heterocycles. The number of carbonyl (C=O) groups excluding carboxylic acids is 1. The number of morpholine rings is 1. The van der Waals surface area contributed by atoms with Gasteiger partial charge in [0.15, 0.2) is 16.4 Å². The van der Waals surface area contributed by atoms with Gasteiger partial charge in [0.25, 0.3) is 0 Å². The summed E-state index contributed by atoms with van der Waals surface area (Å²) in [5.41, 5.74) is 0. The monoisotopic (exact) mass is 470 g/mol. The Balaban J connectivity index is 2.81. The van der Waals surface area contributed by atoms with Crippen LogP contribution < -0.4 is 5.32 Å². The number of ether oxygens (including phenoxy) is 2. The van der Waals surface area contributed by atoms with Crippen molar-refractivity contribution in [3.63, 3.8) is 0 Å². The summed E-state index contributed by atoms with van der Waals surface area (Å²) in [5, 5.41) is 1.87. The third-order valence-corrected chi connectivity index (χ3v) is 4.90. The normalized spacial score (nSPS) is 23.3. The first-order valence-corrected chi connectivity index (χ1v) is 9.48. The minimum atomic E-state index is -6.58. The van der Waals surface area contributed by atoms with Gasteiger partial charge in [0.2, 0.25) is 0 Å². The second kappa shape index (κ2) is 8.81. The molecule has 17 heteroatoms. The highest BCUT2D eigenvalue weighted by molar-refractivity contribution is 6.26. The SMILES string of the molecule is CCO[SiH2]CCCNC(=O)OCC(F)(F)N1C(F)(F)C(F)(F)OC(F)(F)C1(F)F. The lowest BCUT2D eigenvalue weighted by Crippen LogP contribution is -2.78. The topological polar surface area (TPSA) is 60.0 Å². The fraction of sp³-hybridized carbons (Fsp3) is 0.917. The second-order valence-electron chi connectivity index (χ2n) is 5.63. The summed E-state index contributed by atoms with van der Waals surface area (Å²) in [4.78, 5) is 8.22. The molecule has 0 unspecified atom stereocenters. The molecular weight excluding hydrogens is 454 g/mol. The van der Waals surface area contributed by atoms with Crippen molar-refractivity contribution in [3.8, 4) is 0 Å². The van der Waals surface area contributed by atoms with E-state index in [9.17, 15) is 48.7 Å². The number of hydrogen-bond acceptors (Lipinski definition) is 5. The van der Waals surface area contributed by atoms with Crippen LogP contribution in [0, 0.1) is 0 Å². The number of halogens is 10. The van der Waals surface area contributed by atoms with E-state index in [1.54, 1.807) is 6.92 Å². The third kappa shape index (κ3) is 5.43. The van der Waals surface area contributed by atoms with Crippen LogP contribution in [0.1, 0.15) is 13.3 Å². The van der Waals surface area contributed by atoms with Gasteiger partial charge in [-0.15, -0.1) is 4.90 Å². The minimum absolute atomic E-state index is 0.148. The highest BCUT2D eigenvalue weighted by atomic mass is 28.2. The zero-order valence-corrected chi connectivity index (χ0v) is 16.0. The lowest BCUT2D eigenvalue weighted by Gasteiger charge is -2.49. The number of nitrogens with zero attached hydrogens (tertiary/aromatic N) is 1. The smallest absolute Gasteiger partial charge is 0.439 e. The van der Waals surface area contributed by atoms with Gasteiger partial charge >= 0.3 is 36.4 Å². The quantitative estimate of drug-likeness (QED) is 0.243. The number of rotatable bonds is 9. The molecule has 0 aromatic heterocycles. The summed E-state index contributed by atoms with van der Waals surface area (Å²) in [6, 6.07) is -18.4. The predicted octanol–water partition coefficient (Wildman–Crippen LogP) is 2.94. The van der Waals surface area contributed by atoms with Crippen LogP contribution in [0.25, 0.3) is 0 Å². The van der Waals surface area contributed by atoms with Crippen molar-refractivity contribution in [1.82, 2.24) is 10.2 Å². The van der Waals surface area contributed by atoms with Gasteiger partial charge in [-0.1, -0.05) is 0 Å². The molecule has 1 heterocycles. The van der Waals surface area contributed by atoms with E-state index >= 15 is 0 Å². The van der Waals surface area contributed by atoms with Crippen LogP contribution >= 0.6 is 0 Å². The van der Waals surface area contributed by atoms with Crippen LogP contribution in [-0.2, 0) is 13.9 Å². The van der Waals surface area contributed by atoms with Crippen LogP contribution in [0.4, 0.5) is 48.7 Å². The van der Waals surface area contributed by atoms with Crippen molar-refractivity contribution in [2.75, 3.05) is 19.8 Å². The summed E-state index contributed by atoms with van der Waals surface area (Å²) in [6.07, 6.45) is -14.2. The van der Waals surface area contributed by atoms with Gasteiger partial charge in [0, 0.05) is 13.2 Å². The van der Waals surface area contributed by atoms with E-state index in [2.05, 4.69) is 9.47 Å². The Labute approximate surface area is 159 Å². The molecule has 1 amide bonds. The highest BCUT2D eigenvalue weighted by Crippen LogP contribution is 2.58. The lowest BCUT2D eigenvalue weighted by molar-refractivity contribution is -0.586. The van der Waals surface area contributed by atoms with Crippen LogP contribution in [0.15, 0.2) is 0 Å². The largest absolute Gasteiger partial charge is 0.442 e. The first-order valence-electron chi connectivity index (χ1n) is 7.91. The van der Waals surface area contributed by atoms with Crippen molar-refractivity contribution in [2.24, 2.45) is 0 Å². The molecule has 0 radical (unpaired) electrons. The molecule has 0 spiro atoms. The first kappa shape index (κ1) is 25.7. The van der Waals surface area contributed by atoms with Gasteiger partial charge in [-0.3, -0.25) is 0 Å². The molecule has 1 aliphatic rings. The minimum Gasteiger partial charge on any atom is -0.442 e. The first-order chi connectivity index (χ1) is 13.0. The molecule has 0 bridgehead atoms. The fourth-order valence-electron chi connectivity index (χ4n) is 2.06. The van der Waals surface area contributed by atoms with Crippen LogP contribution in [-0.4, -0.2) is 70.9 Å². The van der Waals surface area contributed by atoms with Gasteiger partial charge < -0.3 is 14.5 Å². The van der Waals surface area contributed by atoms with Gasteiger partial charge in [-0.05, 0) is 19.4 Å². The summed E-state index contributed by atoms with van der Waals surface area (Å²) in [6.45, 7) is -0.573. The molecular formula is C12H16F10N2O4Si. The molecule has 1 fully saturated rings. The zero-order chi connectivity index (χ0) is 22.7. The number of carbonyl (C=O) groups is 1. The van der Waals surface area contributed by atoms with E-state index in [1.165, 1.54) is 0 Å². The van der Waals surface area contributed by atoms with Crippen molar-refractivity contribution in [2.45, 2.75) is 49.7 Å². The maximum atomic E-state index is 13.8. The standard InChI is InChI=1S/C12H16F10N2O4Si/c1-2-27-29-5-3-4-23-7(25)26-6-8(13,14)24-9(15,16)11(19,20)28-12(21,22)10(24,17)18/h2-6,29H2,1H3,(H,23,25). The van der Waals surface area contributed by atoms with E-state index in [0.717, 1.165) is 0 Å². The van der Waals surface area contributed by atoms with Crippen LogP contribution in [0.3, 0.4) is 0 Å². The maximum absolute atomic E-state index is 13.8. The van der Waals surface area contributed by atoms with Crippen molar-refractivity contribution < 1.29 is 62.6 Å². The Bertz CT molecular complexity index is 555. The maximum Gasteiger partial charge on any atom is 0.439 e. The predicted molar refractivity (Wildman–Crippen MR) is 76.6 cm³/mol. The van der Waals surface area contributed by atoms with Crippen molar-refractivity contribution in [1.29, 1.82) is 0 Å². The average molecular weight is 470 g/mol. The van der Waals surface area contributed by atoms with E-state index in [0.29, 0.717) is 19.1 Å². The number of alkyl halides is 10. The fourth-order valence-corrected chi connectivity index (χ4v) is 3.01. The average Bonchev–Trinajstić information content (AvgIpc) is 2.53. The van der Waals surface area contributed by atoms with Gasteiger partial charge in [-0.2, -0.15) is 43.9 Å². The summed E-state index contributed by atoms with van der Waals surface area (Å²) < 4.78 is 144. The Morgan fingerprint density at radius 2 is 1.59 bits per heavy atom. The molecule has 29 heavy (non-hydrogen) atoms. The zero-order valence-electron chi connectivity index (χ0n) is 14.6. The third-order valence-electron chi connectivity index (χ3n) is 3.41. The number of nitrogens with one attached hydrogen (secondary N) is 1. The Kier molecular flexibility index (Phi) is 7.80. The highest BCUT2D eigenvalue weighted by Gasteiger charge is 2.87. The number of alkyl carbamates (subject to hydrolysis) is 1. The molecule has 0 atom stereocenters. The van der Waals surface area contributed by atoms with Crippen molar-refractivity contribution in [3.05, 3.63) is 0 Å². The van der Waals surface area contributed by atoms with Gasteiger partial charge in [0.1, 0.15) is 0 Å². The van der Waals surface area contributed by atoms with Gasteiger partial charge in [0.05, 0.1) is 0 Å². The summed E-state index contributed by atoms with van der Waals surface area (Å²) in [5.74, 6) is 0. The van der Waals surface area contributed by atoms with E-state index in [-0.39, 0.29) is 6.54 Å². The molecule has 1 N–H and O–H groups in total. The molecule has 172 valence electrons. The molecule has 1 rings (SSSR count). The number of hydrogen-bond donors (Lipinski definition) is 1. The van der Waals surface area contributed by atoms with E-state index < -0.39 is 57.7 Å². The molecule has 0 aliphatic carbocycles.